The Morgan fingerprint density at radius 3 is 2.69 bits per heavy atom. The van der Waals surface area contributed by atoms with Crippen LogP contribution in [-0.2, 0) is 23.4 Å². The molecule has 39 heavy (non-hydrogen) atoms. The zero-order valence-corrected chi connectivity index (χ0v) is 22.9. The Kier molecular flexibility index (Phi) is 8.09. The lowest BCUT2D eigenvalue weighted by Gasteiger charge is -2.25. The van der Waals surface area contributed by atoms with Crippen molar-refractivity contribution in [1.29, 1.82) is 0 Å². The van der Waals surface area contributed by atoms with Crippen molar-refractivity contribution < 1.29 is 37.4 Å². The number of hydrogen-bond donors (Lipinski definition) is 3. The number of benzene rings is 1. The van der Waals surface area contributed by atoms with Gasteiger partial charge in [0.2, 0.25) is 5.95 Å². The van der Waals surface area contributed by atoms with Crippen LogP contribution >= 0.6 is 7.75 Å². The number of para-hydroxylation sites is 1. The number of halogens is 1. The molecule has 212 valence electrons. The van der Waals surface area contributed by atoms with Gasteiger partial charge in [0, 0.05) is 14.1 Å². The lowest BCUT2D eigenvalue weighted by atomic mass is 9.98. The number of fused-ring (bicyclic) bond motifs is 1. The number of imidazole rings is 1. The minimum absolute atomic E-state index is 0.0586. The third-order valence-electron chi connectivity index (χ3n) is 6.10. The van der Waals surface area contributed by atoms with E-state index < -0.39 is 50.5 Å². The fourth-order valence-corrected chi connectivity index (χ4v) is 5.60. The third-order valence-corrected chi connectivity index (χ3v) is 7.74. The summed E-state index contributed by atoms with van der Waals surface area (Å²) < 4.78 is 52.5. The van der Waals surface area contributed by atoms with E-state index in [4.69, 9.17) is 19.5 Å². The number of anilines is 2. The van der Waals surface area contributed by atoms with Crippen LogP contribution in [0.25, 0.3) is 11.2 Å². The summed E-state index contributed by atoms with van der Waals surface area (Å²) in [6.45, 7) is 2.00. The van der Waals surface area contributed by atoms with Crippen molar-refractivity contribution in [2.75, 3.05) is 38.4 Å². The van der Waals surface area contributed by atoms with Crippen LogP contribution in [-0.4, -0.2) is 82.3 Å². The summed E-state index contributed by atoms with van der Waals surface area (Å²) in [7, 11) is 0.409. The van der Waals surface area contributed by atoms with Gasteiger partial charge in [-0.1, -0.05) is 18.2 Å². The monoisotopic (exact) mass is 567 g/mol. The first-order valence-electron chi connectivity index (χ1n) is 11.9. The maximum atomic E-state index is 16.0. The third kappa shape index (κ3) is 5.82. The number of esters is 1. The van der Waals surface area contributed by atoms with E-state index in [-0.39, 0.29) is 17.3 Å². The highest BCUT2D eigenvalue weighted by atomic mass is 31.2. The predicted octanol–water partition coefficient (Wildman–Crippen LogP) is 1.82. The van der Waals surface area contributed by atoms with E-state index in [1.165, 1.54) is 37.1 Å². The quantitative estimate of drug-likeness (QED) is 0.239. The summed E-state index contributed by atoms with van der Waals surface area (Å²) in [4.78, 5) is 26.3. The average molecular weight is 568 g/mol. The molecule has 6 atom stereocenters. The number of rotatable bonds is 10. The number of nitrogens with one attached hydrogen (secondary N) is 1. The number of hydrogen-bond acceptors (Lipinski definition) is 12. The van der Waals surface area contributed by atoms with E-state index >= 15 is 4.39 Å². The molecule has 3 aromatic rings. The first-order chi connectivity index (χ1) is 18.4. The van der Waals surface area contributed by atoms with Crippen molar-refractivity contribution in [2.24, 2.45) is 0 Å². The molecule has 0 spiro atoms. The fraction of sp³-hybridized carbons (Fsp3) is 0.478. The van der Waals surface area contributed by atoms with Crippen molar-refractivity contribution in [3.05, 3.63) is 36.7 Å². The van der Waals surface area contributed by atoms with E-state index in [1.807, 2.05) is 0 Å². The Balaban J connectivity index is 1.59. The topological polar surface area (TPSA) is 176 Å². The minimum atomic E-state index is -4.25. The summed E-state index contributed by atoms with van der Waals surface area (Å²) in [6.07, 6.45) is -3.09. The molecule has 3 heterocycles. The molecule has 0 saturated carbocycles. The maximum Gasteiger partial charge on any atom is 0.459 e. The number of alkyl halides is 1. The Hall–Kier alpha value is -3.36. The molecule has 1 unspecified atom stereocenters. The normalized spacial score (nSPS) is 25.3. The van der Waals surface area contributed by atoms with E-state index in [1.54, 1.807) is 37.2 Å². The molecule has 0 bridgehead atoms. The SMILES string of the molecule is COC(=O)[C@@H](C)NP(=O)(OC[C@H]1O[C@@H](n2cnc3c(N(C)C)nc(N)nc32)[C@](C)(F)[C@@H]1O)Oc1ccccc1. The molecular weight excluding hydrogens is 536 g/mol. The zero-order valence-electron chi connectivity index (χ0n) is 22.0. The molecule has 1 aliphatic rings. The van der Waals surface area contributed by atoms with Crippen molar-refractivity contribution in [3.8, 4) is 5.75 Å². The highest BCUT2D eigenvalue weighted by Crippen LogP contribution is 2.48. The van der Waals surface area contributed by atoms with Gasteiger partial charge in [0.25, 0.3) is 0 Å². The van der Waals surface area contributed by atoms with Crippen LogP contribution in [0.3, 0.4) is 0 Å². The van der Waals surface area contributed by atoms with Crippen LogP contribution in [0.1, 0.15) is 20.1 Å². The van der Waals surface area contributed by atoms with Crippen molar-refractivity contribution in [3.63, 3.8) is 0 Å². The molecule has 14 nitrogen and oxygen atoms in total. The van der Waals surface area contributed by atoms with Crippen LogP contribution < -0.4 is 20.2 Å². The zero-order chi connectivity index (χ0) is 28.5. The largest absolute Gasteiger partial charge is 0.468 e. The first-order valence-corrected chi connectivity index (χ1v) is 13.4. The van der Waals surface area contributed by atoms with Crippen molar-refractivity contribution >= 4 is 36.6 Å². The molecule has 4 N–H and O–H groups in total. The Morgan fingerprint density at radius 1 is 1.36 bits per heavy atom. The van der Waals surface area contributed by atoms with Gasteiger partial charge in [-0.05, 0) is 26.0 Å². The van der Waals surface area contributed by atoms with Crippen LogP contribution in [0.5, 0.6) is 5.75 Å². The maximum absolute atomic E-state index is 16.0. The second kappa shape index (κ2) is 11.0. The number of nitrogen functional groups attached to an aromatic ring is 1. The number of methoxy groups -OCH3 is 1. The van der Waals surface area contributed by atoms with E-state index in [0.717, 1.165) is 6.92 Å². The van der Waals surface area contributed by atoms with Crippen molar-refractivity contribution in [1.82, 2.24) is 24.6 Å². The van der Waals surface area contributed by atoms with Crippen LogP contribution in [0.15, 0.2) is 36.7 Å². The molecule has 1 aromatic carbocycles. The molecule has 0 aliphatic carbocycles. The van der Waals surface area contributed by atoms with Crippen LogP contribution in [0.2, 0.25) is 0 Å². The molecule has 1 aliphatic heterocycles. The number of carbonyl (C=O) groups excluding carboxylic acids is 1. The summed E-state index contributed by atoms with van der Waals surface area (Å²) in [5.41, 5.74) is 4.06. The van der Waals surface area contributed by atoms with Gasteiger partial charge >= 0.3 is 13.7 Å². The summed E-state index contributed by atoms with van der Waals surface area (Å²) >= 11 is 0. The lowest BCUT2D eigenvalue weighted by molar-refractivity contribution is -0.142. The second-order valence-corrected chi connectivity index (χ2v) is 11.0. The molecular formula is C23H31FN7O7P. The van der Waals surface area contributed by atoms with Crippen LogP contribution in [0.4, 0.5) is 16.2 Å². The van der Waals surface area contributed by atoms with Gasteiger partial charge < -0.3 is 29.7 Å². The fourth-order valence-electron chi connectivity index (χ4n) is 4.10. The minimum Gasteiger partial charge on any atom is -0.468 e. The van der Waals surface area contributed by atoms with Gasteiger partial charge in [-0.25, -0.2) is 13.9 Å². The number of aromatic nitrogens is 4. The second-order valence-electron chi connectivity index (χ2n) is 9.32. The molecule has 4 rings (SSSR count). The lowest BCUT2D eigenvalue weighted by Crippen LogP contribution is -2.41. The van der Waals surface area contributed by atoms with Gasteiger partial charge in [-0.15, -0.1) is 0 Å². The van der Waals surface area contributed by atoms with Crippen molar-refractivity contribution in [2.45, 2.75) is 44.0 Å². The average Bonchev–Trinajstić information content (AvgIpc) is 3.39. The highest BCUT2D eigenvalue weighted by Gasteiger charge is 2.56. The van der Waals surface area contributed by atoms with Gasteiger partial charge in [-0.3, -0.25) is 13.9 Å². The molecule has 16 heteroatoms. The number of nitrogens with zero attached hydrogens (tertiary/aromatic N) is 5. The number of aliphatic hydroxyl groups excluding tert-OH is 1. The van der Waals surface area contributed by atoms with Gasteiger partial charge in [0.1, 0.15) is 24.0 Å². The molecule has 0 radical (unpaired) electrons. The number of aliphatic hydroxyl groups is 1. The van der Waals surface area contributed by atoms with Gasteiger partial charge in [-0.2, -0.15) is 15.1 Å². The number of carbonyl (C=O) groups is 1. The summed E-state index contributed by atoms with van der Waals surface area (Å²) in [6, 6.07) is 7.03. The predicted molar refractivity (Wildman–Crippen MR) is 139 cm³/mol. The highest BCUT2D eigenvalue weighted by molar-refractivity contribution is 7.52. The number of ether oxygens (including phenoxy) is 2. The smallest absolute Gasteiger partial charge is 0.459 e. The molecule has 0 amide bonds. The molecule has 2 aromatic heterocycles. The summed E-state index contributed by atoms with van der Waals surface area (Å²) in [5, 5.41) is 13.3. The Labute approximate surface area is 223 Å². The molecule has 1 fully saturated rings. The Morgan fingerprint density at radius 2 is 2.05 bits per heavy atom. The van der Waals surface area contributed by atoms with Gasteiger partial charge in [0.05, 0.1) is 20.0 Å². The number of nitrogens with two attached hydrogens (primary N) is 1. The van der Waals surface area contributed by atoms with E-state index in [9.17, 15) is 14.5 Å². The standard InChI is InChI=1S/C23H31FN7O7P/c1-13(20(33)35-5)29-39(34,38-14-9-7-6-8-10-14)36-11-15-17(32)23(2,24)21(37-15)31-12-26-16-18(30(3)4)27-22(25)28-19(16)31/h6-10,12-13,15,17,21,32H,11H2,1-5H3,(H,29,34)(H2,25,27,28)/t13-,15-,17-,21-,23-,39?/m1/s1. The first kappa shape index (κ1) is 28.6. The summed E-state index contributed by atoms with van der Waals surface area (Å²) in [5.74, 6) is -0.170. The Bertz CT molecular complexity index is 1370. The van der Waals surface area contributed by atoms with E-state index in [2.05, 4.69) is 24.8 Å². The van der Waals surface area contributed by atoms with E-state index in [0.29, 0.717) is 11.3 Å². The van der Waals surface area contributed by atoms with Crippen LogP contribution in [0, 0.1) is 0 Å². The van der Waals surface area contributed by atoms with Gasteiger partial charge in [0.15, 0.2) is 28.9 Å². The molecule has 1 saturated heterocycles.